The molecular formula is C23H42IN5. The highest BCUT2D eigenvalue weighted by Gasteiger charge is 2.21. The average Bonchev–Trinajstić information content (AvgIpc) is 2.71. The van der Waals surface area contributed by atoms with Gasteiger partial charge in [-0.25, -0.2) is 4.99 Å². The predicted molar refractivity (Wildman–Crippen MR) is 136 cm³/mol. The first-order valence-corrected chi connectivity index (χ1v) is 11.1. The number of likely N-dealkylation sites (tertiary alicyclic amines) is 1. The Hall–Kier alpha value is -0.860. The van der Waals surface area contributed by atoms with Gasteiger partial charge in [-0.05, 0) is 57.8 Å². The second-order valence-corrected chi connectivity index (χ2v) is 8.02. The quantitative estimate of drug-likeness (QED) is 0.296. The molecular weight excluding hydrogens is 473 g/mol. The summed E-state index contributed by atoms with van der Waals surface area (Å²) < 4.78 is 0. The zero-order valence-corrected chi connectivity index (χ0v) is 21.4. The van der Waals surface area contributed by atoms with Crippen molar-refractivity contribution in [3.8, 4) is 0 Å². The first-order chi connectivity index (χ1) is 13.5. The Balaban J connectivity index is 0.00000420. The van der Waals surface area contributed by atoms with Crippen LogP contribution in [-0.2, 0) is 13.1 Å². The van der Waals surface area contributed by atoms with E-state index in [2.05, 4.69) is 79.3 Å². The number of rotatable bonds is 9. The summed E-state index contributed by atoms with van der Waals surface area (Å²) >= 11 is 0. The summed E-state index contributed by atoms with van der Waals surface area (Å²) in [7, 11) is 0. The Labute approximate surface area is 195 Å². The van der Waals surface area contributed by atoms with Crippen molar-refractivity contribution in [1.82, 2.24) is 20.4 Å². The normalized spacial score (nSPS) is 16.2. The van der Waals surface area contributed by atoms with Gasteiger partial charge in [-0.1, -0.05) is 38.1 Å². The van der Waals surface area contributed by atoms with Crippen molar-refractivity contribution in [2.45, 2.75) is 72.6 Å². The summed E-state index contributed by atoms with van der Waals surface area (Å²) in [5, 5.41) is 7.05. The maximum absolute atomic E-state index is 4.83. The minimum Gasteiger partial charge on any atom is -0.357 e. The van der Waals surface area contributed by atoms with Gasteiger partial charge in [0.15, 0.2) is 5.96 Å². The van der Waals surface area contributed by atoms with Crippen LogP contribution >= 0.6 is 24.0 Å². The fraction of sp³-hybridized carbons (Fsp3) is 0.696. The van der Waals surface area contributed by atoms with Crippen molar-refractivity contribution in [1.29, 1.82) is 0 Å². The predicted octanol–water partition coefficient (Wildman–Crippen LogP) is 4.07. The molecule has 1 aromatic rings. The van der Waals surface area contributed by atoms with E-state index < -0.39 is 0 Å². The molecule has 1 saturated heterocycles. The molecule has 1 aliphatic rings. The average molecular weight is 516 g/mol. The van der Waals surface area contributed by atoms with E-state index in [0.717, 1.165) is 32.1 Å². The molecule has 0 unspecified atom stereocenters. The third-order valence-corrected chi connectivity index (χ3v) is 5.69. The lowest BCUT2D eigenvalue weighted by atomic mass is 10.0. The van der Waals surface area contributed by atoms with Crippen LogP contribution in [0.5, 0.6) is 0 Å². The summed E-state index contributed by atoms with van der Waals surface area (Å²) in [4.78, 5) is 9.82. The lowest BCUT2D eigenvalue weighted by Crippen LogP contribution is -2.49. The van der Waals surface area contributed by atoms with Gasteiger partial charge in [0.25, 0.3) is 0 Å². The summed E-state index contributed by atoms with van der Waals surface area (Å²) in [6.07, 6.45) is 2.37. The first-order valence-electron chi connectivity index (χ1n) is 11.1. The van der Waals surface area contributed by atoms with E-state index in [0.29, 0.717) is 18.6 Å². The molecule has 0 saturated carbocycles. The lowest BCUT2D eigenvalue weighted by molar-refractivity contribution is 0.167. The van der Waals surface area contributed by atoms with Gasteiger partial charge in [-0.2, -0.15) is 0 Å². The van der Waals surface area contributed by atoms with Crippen LogP contribution in [0.15, 0.2) is 29.3 Å². The highest BCUT2D eigenvalue weighted by molar-refractivity contribution is 14.0. The van der Waals surface area contributed by atoms with Crippen LogP contribution in [0.3, 0.4) is 0 Å². The van der Waals surface area contributed by atoms with Gasteiger partial charge >= 0.3 is 0 Å². The van der Waals surface area contributed by atoms with Crippen molar-refractivity contribution < 1.29 is 0 Å². The van der Waals surface area contributed by atoms with Crippen molar-refractivity contribution in [2.24, 2.45) is 4.99 Å². The SMILES string of the molecule is CCNC(=NCc1ccc(CN(CC)CC)cc1)NC1CCN(C(C)C)CC1.I. The zero-order valence-electron chi connectivity index (χ0n) is 19.1. The Morgan fingerprint density at radius 3 is 2.17 bits per heavy atom. The molecule has 2 N–H and O–H groups in total. The second-order valence-electron chi connectivity index (χ2n) is 8.02. The molecule has 2 rings (SSSR count). The number of halogens is 1. The third-order valence-electron chi connectivity index (χ3n) is 5.69. The molecule has 0 bridgehead atoms. The summed E-state index contributed by atoms with van der Waals surface area (Å²) in [6, 6.07) is 10.1. The minimum atomic E-state index is 0. The molecule has 6 heteroatoms. The highest BCUT2D eigenvalue weighted by atomic mass is 127. The van der Waals surface area contributed by atoms with Crippen LogP contribution < -0.4 is 10.6 Å². The number of benzene rings is 1. The van der Waals surface area contributed by atoms with Gasteiger partial charge in [0.1, 0.15) is 0 Å². The van der Waals surface area contributed by atoms with Crippen LogP contribution in [0.4, 0.5) is 0 Å². The van der Waals surface area contributed by atoms with Gasteiger partial charge in [0, 0.05) is 38.3 Å². The number of hydrogen-bond acceptors (Lipinski definition) is 3. The number of nitrogens with zero attached hydrogens (tertiary/aromatic N) is 3. The van der Waals surface area contributed by atoms with E-state index in [9.17, 15) is 0 Å². The van der Waals surface area contributed by atoms with Crippen molar-refractivity contribution >= 4 is 29.9 Å². The molecule has 0 spiro atoms. The van der Waals surface area contributed by atoms with Gasteiger partial charge in [0.05, 0.1) is 6.54 Å². The molecule has 0 amide bonds. The fourth-order valence-electron chi connectivity index (χ4n) is 3.70. The molecule has 1 heterocycles. The van der Waals surface area contributed by atoms with Gasteiger partial charge in [-0.3, -0.25) is 4.90 Å². The molecule has 1 aliphatic heterocycles. The molecule has 0 aromatic heterocycles. The number of guanidine groups is 1. The molecule has 29 heavy (non-hydrogen) atoms. The van der Waals surface area contributed by atoms with E-state index in [4.69, 9.17) is 4.99 Å². The summed E-state index contributed by atoms with van der Waals surface area (Å²) in [5.41, 5.74) is 2.63. The van der Waals surface area contributed by atoms with Crippen molar-refractivity contribution in [3.05, 3.63) is 35.4 Å². The third kappa shape index (κ3) is 9.22. The monoisotopic (exact) mass is 515 g/mol. The van der Waals surface area contributed by atoms with Gasteiger partial charge in [-0.15, -0.1) is 24.0 Å². The van der Waals surface area contributed by atoms with Crippen LogP contribution in [0.2, 0.25) is 0 Å². The van der Waals surface area contributed by atoms with E-state index in [1.165, 1.54) is 37.1 Å². The van der Waals surface area contributed by atoms with E-state index in [1.54, 1.807) is 0 Å². The van der Waals surface area contributed by atoms with Crippen LogP contribution in [0, 0.1) is 0 Å². The molecule has 166 valence electrons. The van der Waals surface area contributed by atoms with Crippen LogP contribution in [0.25, 0.3) is 0 Å². The maximum atomic E-state index is 4.83. The molecule has 5 nitrogen and oxygen atoms in total. The van der Waals surface area contributed by atoms with E-state index in [1.807, 2.05) is 0 Å². The summed E-state index contributed by atoms with van der Waals surface area (Å²) in [5.74, 6) is 0.942. The fourth-order valence-corrected chi connectivity index (χ4v) is 3.70. The molecule has 0 atom stereocenters. The lowest BCUT2D eigenvalue weighted by Gasteiger charge is -2.35. The Morgan fingerprint density at radius 1 is 1.07 bits per heavy atom. The standard InChI is InChI=1S/C23H41N5.HI/c1-6-24-23(26-22-13-15-28(16-14-22)19(4)5)25-17-20-9-11-21(12-10-20)18-27(7-2)8-3;/h9-12,19,22H,6-8,13-18H2,1-5H3,(H2,24,25,26);1H. The maximum Gasteiger partial charge on any atom is 0.191 e. The second kappa shape index (κ2) is 14.2. The van der Waals surface area contributed by atoms with E-state index >= 15 is 0 Å². The summed E-state index contributed by atoms with van der Waals surface area (Å²) in [6.45, 7) is 18.3. The first kappa shape index (κ1) is 26.2. The van der Waals surface area contributed by atoms with Gasteiger partial charge < -0.3 is 15.5 Å². The number of hydrogen-bond donors (Lipinski definition) is 2. The molecule has 1 aromatic carbocycles. The molecule has 0 aliphatic carbocycles. The topological polar surface area (TPSA) is 42.9 Å². The number of aliphatic imine (C=N–C) groups is 1. The van der Waals surface area contributed by atoms with Crippen molar-refractivity contribution in [2.75, 3.05) is 32.7 Å². The van der Waals surface area contributed by atoms with Crippen LogP contribution in [-0.4, -0.2) is 60.6 Å². The number of piperidine rings is 1. The van der Waals surface area contributed by atoms with Crippen molar-refractivity contribution in [3.63, 3.8) is 0 Å². The van der Waals surface area contributed by atoms with Crippen LogP contribution in [0.1, 0.15) is 58.6 Å². The molecule has 1 fully saturated rings. The van der Waals surface area contributed by atoms with Gasteiger partial charge in [0.2, 0.25) is 0 Å². The Morgan fingerprint density at radius 2 is 1.66 bits per heavy atom. The minimum absolute atomic E-state index is 0. The molecule has 0 radical (unpaired) electrons. The van der Waals surface area contributed by atoms with E-state index in [-0.39, 0.29) is 24.0 Å². The smallest absolute Gasteiger partial charge is 0.191 e. The Bertz CT molecular complexity index is 575. The number of nitrogens with one attached hydrogen (secondary N) is 2. The zero-order chi connectivity index (χ0) is 20.4. The largest absolute Gasteiger partial charge is 0.357 e. The highest BCUT2D eigenvalue weighted by Crippen LogP contribution is 2.13. The Kier molecular flexibility index (Phi) is 12.8.